The predicted octanol–water partition coefficient (Wildman–Crippen LogP) is 4.51. The highest BCUT2D eigenvalue weighted by atomic mass is 19.1. The second kappa shape index (κ2) is 7.46. The maximum atomic E-state index is 14.2. The summed E-state index contributed by atoms with van der Waals surface area (Å²) in [6.45, 7) is 8.44. The van der Waals surface area contributed by atoms with E-state index in [9.17, 15) is 9.18 Å². The maximum Gasteiger partial charge on any atom is 0.338 e. The predicted molar refractivity (Wildman–Crippen MR) is 89.7 cm³/mol. The number of ether oxygens (including phenoxy) is 3. The Bertz CT molecular complexity index is 796. The second-order valence-electron chi connectivity index (χ2n) is 4.96. The Kier molecular flexibility index (Phi) is 5.37. The summed E-state index contributed by atoms with van der Waals surface area (Å²) in [4.78, 5) is 11.5. The zero-order valence-electron chi connectivity index (χ0n) is 13.5. The van der Waals surface area contributed by atoms with Crippen LogP contribution < -0.4 is 14.2 Å². The average molecular weight is 328 g/mol. The highest BCUT2D eigenvalue weighted by Gasteiger charge is 2.14. The Morgan fingerprint density at radius 3 is 2.50 bits per heavy atom. The molecule has 0 atom stereocenters. The van der Waals surface area contributed by atoms with E-state index >= 15 is 0 Å². The van der Waals surface area contributed by atoms with Crippen LogP contribution in [0.15, 0.2) is 61.4 Å². The molecule has 0 aliphatic carbocycles. The summed E-state index contributed by atoms with van der Waals surface area (Å²) in [6.07, 6.45) is 1.30. The number of carbonyl (C=O) groups is 1. The molecule has 124 valence electrons. The van der Waals surface area contributed by atoms with Gasteiger partial charge in [0.1, 0.15) is 11.5 Å². The Morgan fingerprint density at radius 1 is 1.17 bits per heavy atom. The summed E-state index contributed by atoms with van der Waals surface area (Å²) in [5, 5.41) is 0. The number of halogens is 1. The highest BCUT2D eigenvalue weighted by Crippen LogP contribution is 2.35. The Balaban J connectivity index is 2.36. The van der Waals surface area contributed by atoms with E-state index < -0.39 is 11.8 Å². The molecule has 5 heteroatoms. The molecule has 0 amide bonds. The molecule has 0 aromatic heterocycles. The van der Waals surface area contributed by atoms with Crippen molar-refractivity contribution >= 4 is 5.97 Å². The quantitative estimate of drug-likeness (QED) is 0.339. The SMILES string of the molecule is C=COc1ccc(-c2ccc(OC(=O)C(=C)C)c(F)c2)c(OC)c1. The number of carbonyl (C=O) groups excluding carboxylic acids is 1. The lowest BCUT2D eigenvalue weighted by Crippen LogP contribution is -2.09. The van der Waals surface area contributed by atoms with E-state index in [4.69, 9.17) is 14.2 Å². The van der Waals surface area contributed by atoms with E-state index in [1.807, 2.05) is 0 Å². The molecule has 0 saturated carbocycles. The molecule has 0 aliphatic rings. The van der Waals surface area contributed by atoms with Gasteiger partial charge in [0.05, 0.1) is 13.4 Å². The van der Waals surface area contributed by atoms with Crippen molar-refractivity contribution in [1.82, 2.24) is 0 Å². The number of rotatable bonds is 6. The minimum Gasteiger partial charge on any atom is -0.496 e. The van der Waals surface area contributed by atoms with Crippen molar-refractivity contribution < 1.29 is 23.4 Å². The van der Waals surface area contributed by atoms with Crippen molar-refractivity contribution in [2.45, 2.75) is 6.92 Å². The average Bonchev–Trinajstić information content (AvgIpc) is 2.56. The fourth-order valence-corrected chi connectivity index (χ4v) is 2.02. The monoisotopic (exact) mass is 328 g/mol. The van der Waals surface area contributed by atoms with Crippen LogP contribution in [0.4, 0.5) is 4.39 Å². The van der Waals surface area contributed by atoms with Gasteiger partial charge in [-0.3, -0.25) is 0 Å². The van der Waals surface area contributed by atoms with E-state index in [1.165, 1.54) is 32.4 Å². The van der Waals surface area contributed by atoms with Crippen LogP contribution in [0.1, 0.15) is 6.92 Å². The number of methoxy groups -OCH3 is 1. The number of esters is 1. The van der Waals surface area contributed by atoms with Gasteiger partial charge in [-0.15, -0.1) is 0 Å². The first-order valence-electron chi connectivity index (χ1n) is 7.09. The number of benzene rings is 2. The van der Waals surface area contributed by atoms with E-state index in [2.05, 4.69) is 13.2 Å². The van der Waals surface area contributed by atoms with Gasteiger partial charge in [-0.2, -0.15) is 0 Å². The maximum absolute atomic E-state index is 14.2. The second-order valence-corrected chi connectivity index (χ2v) is 4.96. The van der Waals surface area contributed by atoms with E-state index in [1.54, 1.807) is 24.3 Å². The third-order valence-corrected chi connectivity index (χ3v) is 3.19. The van der Waals surface area contributed by atoms with Gasteiger partial charge in [-0.1, -0.05) is 19.2 Å². The molecule has 2 rings (SSSR count). The molecule has 0 radical (unpaired) electrons. The van der Waals surface area contributed by atoms with E-state index in [-0.39, 0.29) is 11.3 Å². The summed E-state index contributed by atoms with van der Waals surface area (Å²) < 4.78 is 29.7. The fourth-order valence-electron chi connectivity index (χ4n) is 2.02. The van der Waals surface area contributed by atoms with Crippen molar-refractivity contribution in [2.24, 2.45) is 0 Å². The standard InChI is InChI=1S/C19H17FO4/c1-5-23-14-7-8-15(18(11-14)22-4)13-6-9-17(16(20)10-13)24-19(21)12(2)3/h5-11H,1-2H2,3-4H3. The molecule has 0 aliphatic heterocycles. The zero-order valence-corrected chi connectivity index (χ0v) is 13.5. The largest absolute Gasteiger partial charge is 0.496 e. The van der Waals surface area contributed by atoms with Gasteiger partial charge >= 0.3 is 5.97 Å². The molecule has 0 saturated heterocycles. The third kappa shape index (κ3) is 3.81. The van der Waals surface area contributed by atoms with Crippen LogP contribution in [0.5, 0.6) is 17.2 Å². The molecule has 2 aromatic rings. The Morgan fingerprint density at radius 2 is 1.92 bits per heavy atom. The van der Waals surface area contributed by atoms with E-state index in [0.717, 1.165) is 0 Å². The lowest BCUT2D eigenvalue weighted by molar-refractivity contribution is -0.130. The molecule has 0 bridgehead atoms. The summed E-state index contributed by atoms with van der Waals surface area (Å²) in [6, 6.07) is 9.42. The first-order chi connectivity index (χ1) is 11.5. The smallest absolute Gasteiger partial charge is 0.338 e. The lowest BCUT2D eigenvalue weighted by Gasteiger charge is -2.12. The third-order valence-electron chi connectivity index (χ3n) is 3.19. The van der Waals surface area contributed by atoms with E-state index in [0.29, 0.717) is 22.6 Å². The molecule has 24 heavy (non-hydrogen) atoms. The van der Waals surface area contributed by atoms with Gasteiger partial charge in [0.25, 0.3) is 0 Å². The van der Waals surface area contributed by atoms with Gasteiger partial charge in [0, 0.05) is 17.2 Å². The number of hydrogen-bond acceptors (Lipinski definition) is 4. The van der Waals surface area contributed by atoms with Crippen molar-refractivity contribution in [3.63, 3.8) is 0 Å². The fraction of sp³-hybridized carbons (Fsp3) is 0.105. The summed E-state index contributed by atoms with van der Waals surface area (Å²) in [5.74, 6) is -0.420. The van der Waals surface area contributed by atoms with Crippen LogP contribution in [0.2, 0.25) is 0 Å². The Hall–Kier alpha value is -3.08. The van der Waals surface area contributed by atoms with Crippen LogP contribution in [0.3, 0.4) is 0 Å². The molecule has 4 nitrogen and oxygen atoms in total. The van der Waals surface area contributed by atoms with Crippen LogP contribution in [-0.4, -0.2) is 13.1 Å². The Labute approximate surface area is 139 Å². The van der Waals surface area contributed by atoms with Crippen LogP contribution in [-0.2, 0) is 4.79 Å². The molecule has 0 unspecified atom stereocenters. The van der Waals surface area contributed by atoms with Crippen LogP contribution in [0, 0.1) is 5.82 Å². The van der Waals surface area contributed by atoms with Gasteiger partial charge in [-0.25, -0.2) is 9.18 Å². The van der Waals surface area contributed by atoms with Crippen molar-refractivity contribution in [1.29, 1.82) is 0 Å². The van der Waals surface area contributed by atoms with Crippen molar-refractivity contribution in [3.8, 4) is 28.4 Å². The van der Waals surface area contributed by atoms with Gasteiger partial charge < -0.3 is 14.2 Å². The molecule has 0 N–H and O–H groups in total. The van der Waals surface area contributed by atoms with Gasteiger partial charge in [0.2, 0.25) is 0 Å². The molecular formula is C19H17FO4. The first-order valence-corrected chi connectivity index (χ1v) is 7.09. The number of hydrogen-bond donors (Lipinski definition) is 0. The van der Waals surface area contributed by atoms with Gasteiger partial charge in [-0.05, 0) is 36.8 Å². The minimum atomic E-state index is -0.676. The van der Waals surface area contributed by atoms with Crippen LogP contribution in [0.25, 0.3) is 11.1 Å². The zero-order chi connectivity index (χ0) is 17.7. The molecule has 0 spiro atoms. The molecule has 0 heterocycles. The van der Waals surface area contributed by atoms with Crippen molar-refractivity contribution in [2.75, 3.05) is 7.11 Å². The first kappa shape index (κ1) is 17.3. The molecule has 2 aromatic carbocycles. The lowest BCUT2D eigenvalue weighted by atomic mass is 10.0. The van der Waals surface area contributed by atoms with Crippen LogP contribution >= 0.6 is 0 Å². The summed E-state index contributed by atoms with van der Waals surface area (Å²) in [5.41, 5.74) is 1.44. The van der Waals surface area contributed by atoms with Crippen molar-refractivity contribution in [3.05, 3.63) is 67.2 Å². The molecular weight excluding hydrogens is 311 g/mol. The summed E-state index contributed by atoms with van der Waals surface area (Å²) in [7, 11) is 1.51. The molecule has 0 fully saturated rings. The summed E-state index contributed by atoms with van der Waals surface area (Å²) >= 11 is 0. The topological polar surface area (TPSA) is 44.8 Å². The normalized spacial score (nSPS) is 9.96. The minimum absolute atomic E-state index is 0.155. The van der Waals surface area contributed by atoms with Gasteiger partial charge in [0.15, 0.2) is 11.6 Å². The highest BCUT2D eigenvalue weighted by molar-refractivity contribution is 5.88.